The van der Waals surface area contributed by atoms with Crippen LogP contribution in [-0.2, 0) is 16.1 Å². The molecule has 0 spiro atoms. The van der Waals surface area contributed by atoms with Crippen LogP contribution in [0.3, 0.4) is 0 Å². The maximum atomic E-state index is 11.8. The van der Waals surface area contributed by atoms with Crippen molar-refractivity contribution in [1.29, 1.82) is 0 Å². The van der Waals surface area contributed by atoms with Crippen molar-refractivity contribution in [1.82, 2.24) is 10.3 Å². The molecule has 0 bridgehead atoms. The highest BCUT2D eigenvalue weighted by atomic mass is 16.2. The molecule has 0 saturated heterocycles. The van der Waals surface area contributed by atoms with Crippen LogP contribution in [0.1, 0.15) is 5.69 Å². The SMILES string of the molecule is CN(C)c1ccc(NC(=O)C(=O)NCc2ccccn2)cc1. The van der Waals surface area contributed by atoms with E-state index in [0.29, 0.717) is 11.4 Å². The molecular formula is C16H18N4O2. The maximum Gasteiger partial charge on any atom is 0.313 e. The Hall–Kier alpha value is -2.89. The second-order valence-corrected chi connectivity index (χ2v) is 4.90. The van der Waals surface area contributed by atoms with Gasteiger partial charge in [0.2, 0.25) is 0 Å². The largest absolute Gasteiger partial charge is 0.378 e. The first-order chi connectivity index (χ1) is 10.6. The predicted molar refractivity (Wildman–Crippen MR) is 85.5 cm³/mol. The lowest BCUT2D eigenvalue weighted by Gasteiger charge is -2.13. The van der Waals surface area contributed by atoms with Crippen molar-refractivity contribution in [2.75, 3.05) is 24.3 Å². The van der Waals surface area contributed by atoms with E-state index >= 15 is 0 Å². The Balaban J connectivity index is 1.87. The lowest BCUT2D eigenvalue weighted by atomic mass is 10.2. The first kappa shape index (κ1) is 15.5. The van der Waals surface area contributed by atoms with Gasteiger partial charge in [0.05, 0.1) is 12.2 Å². The third-order valence-electron chi connectivity index (χ3n) is 3.00. The number of hydrogen-bond donors (Lipinski definition) is 2. The van der Waals surface area contributed by atoms with Crippen LogP contribution in [0.2, 0.25) is 0 Å². The predicted octanol–water partition coefficient (Wildman–Crippen LogP) is 1.40. The van der Waals surface area contributed by atoms with Crippen LogP contribution in [0.5, 0.6) is 0 Å². The Bertz CT molecular complexity index is 639. The molecular weight excluding hydrogens is 280 g/mol. The number of benzene rings is 1. The highest BCUT2D eigenvalue weighted by Gasteiger charge is 2.13. The summed E-state index contributed by atoms with van der Waals surface area (Å²) < 4.78 is 0. The third kappa shape index (κ3) is 4.31. The lowest BCUT2D eigenvalue weighted by molar-refractivity contribution is -0.136. The third-order valence-corrected chi connectivity index (χ3v) is 3.00. The fourth-order valence-corrected chi connectivity index (χ4v) is 1.78. The molecule has 2 N–H and O–H groups in total. The molecule has 0 aliphatic carbocycles. The van der Waals surface area contributed by atoms with Gasteiger partial charge in [-0.05, 0) is 36.4 Å². The van der Waals surface area contributed by atoms with Crippen LogP contribution in [0, 0.1) is 0 Å². The van der Waals surface area contributed by atoms with E-state index in [-0.39, 0.29) is 6.54 Å². The topological polar surface area (TPSA) is 74.3 Å². The first-order valence-electron chi connectivity index (χ1n) is 6.83. The number of pyridine rings is 1. The summed E-state index contributed by atoms with van der Waals surface area (Å²) in [4.78, 5) is 29.6. The average Bonchev–Trinajstić information content (AvgIpc) is 2.54. The van der Waals surface area contributed by atoms with Gasteiger partial charge in [0, 0.05) is 31.7 Å². The second-order valence-electron chi connectivity index (χ2n) is 4.90. The van der Waals surface area contributed by atoms with Gasteiger partial charge in [0.1, 0.15) is 0 Å². The zero-order valence-corrected chi connectivity index (χ0v) is 12.5. The molecule has 114 valence electrons. The van der Waals surface area contributed by atoms with Gasteiger partial charge in [-0.15, -0.1) is 0 Å². The van der Waals surface area contributed by atoms with Crippen LogP contribution < -0.4 is 15.5 Å². The number of carbonyl (C=O) groups excluding carboxylic acids is 2. The van der Waals surface area contributed by atoms with Crippen LogP contribution in [-0.4, -0.2) is 30.9 Å². The van der Waals surface area contributed by atoms with E-state index in [1.807, 2.05) is 37.2 Å². The van der Waals surface area contributed by atoms with Crippen LogP contribution in [0.15, 0.2) is 48.7 Å². The summed E-state index contributed by atoms with van der Waals surface area (Å²) in [6.45, 7) is 0.215. The molecule has 0 radical (unpaired) electrons. The van der Waals surface area contributed by atoms with Gasteiger partial charge < -0.3 is 15.5 Å². The molecule has 6 heteroatoms. The highest BCUT2D eigenvalue weighted by Crippen LogP contribution is 2.15. The molecule has 2 amide bonds. The minimum atomic E-state index is -0.700. The Morgan fingerprint density at radius 3 is 2.36 bits per heavy atom. The number of hydrogen-bond acceptors (Lipinski definition) is 4. The molecule has 1 heterocycles. The van der Waals surface area contributed by atoms with Crippen LogP contribution >= 0.6 is 0 Å². The van der Waals surface area contributed by atoms with Gasteiger partial charge in [0.25, 0.3) is 0 Å². The summed E-state index contributed by atoms with van der Waals surface area (Å²) in [5.41, 5.74) is 2.28. The van der Waals surface area contributed by atoms with E-state index in [1.165, 1.54) is 0 Å². The molecule has 22 heavy (non-hydrogen) atoms. The summed E-state index contributed by atoms with van der Waals surface area (Å²) in [5.74, 6) is -1.39. The molecule has 0 saturated carbocycles. The quantitative estimate of drug-likeness (QED) is 0.837. The summed E-state index contributed by atoms with van der Waals surface area (Å²) in [6, 6.07) is 12.6. The number of nitrogens with one attached hydrogen (secondary N) is 2. The van der Waals surface area contributed by atoms with E-state index in [1.54, 1.807) is 30.5 Å². The van der Waals surface area contributed by atoms with E-state index in [9.17, 15) is 9.59 Å². The van der Waals surface area contributed by atoms with Gasteiger partial charge in [-0.2, -0.15) is 0 Å². The van der Waals surface area contributed by atoms with E-state index < -0.39 is 11.8 Å². The highest BCUT2D eigenvalue weighted by molar-refractivity contribution is 6.39. The van der Waals surface area contributed by atoms with Gasteiger partial charge in [0.15, 0.2) is 0 Å². The standard InChI is InChI=1S/C16H18N4O2/c1-20(2)14-8-6-12(7-9-14)19-16(22)15(21)18-11-13-5-3-4-10-17-13/h3-10H,11H2,1-2H3,(H,18,21)(H,19,22). The summed E-state index contributed by atoms with van der Waals surface area (Å²) >= 11 is 0. The summed E-state index contributed by atoms with van der Waals surface area (Å²) in [5, 5.41) is 5.08. The molecule has 2 aromatic rings. The molecule has 0 aliphatic rings. The molecule has 1 aromatic carbocycles. The van der Waals surface area contributed by atoms with E-state index in [0.717, 1.165) is 5.69 Å². The number of carbonyl (C=O) groups is 2. The van der Waals surface area contributed by atoms with Crippen LogP contribution in [0.4, 0.5) is 11.4 Å². The number of rotatable bonds is 4. The summed E-state index contributed by atoms with van der Waals surface area (Å²) in [6.07, 6.45) is 1.63. The number of anilines is 2. The van der Waals surface area contributed by atoms with Gasteiger partial charge in [-0.25, -0.2) is 0 Å². The number of nitrogens with zero attached hydrogens (tertiary/aromatic N) is 2. The normalized spacial score (nSPS) is 9.91. The van der Waals surface area contributed by atoms with Crippen molar-refractivity contribution in [3.63, 3.8) is 0 Å². The average molecular weight is 298 g/mol. The van der Waals surface area contributed by atoms with Gasteiger partial charge in [-0.1, -0.05) is 6.07 Å². The summed E-state index contributed by atoms with van der Waals surface area (Å²) in [7, 11) is 3.86. The van der Waals surface area contributed by atoms with Crippen molar-refractivity contribution < 1.29 is 9.59 Å². The Morgan fingerprint density at radius 2 is 1.77 bits per heavy atom. The first-order valence-corrected chi connectivity index (χ1v) is 6.83. The van der Waals surface area contributed by atoms with Crippen LogP contribution in [0.25, 0.3) is 0 Å². The Kier molecular flexibility index (Phi) is 5.08. The molecule has 2 rings (SSSR count). The minimum absolute atomic E-state index is 0.215. The van der Waals surface area contributed by atoms with Gasteiger partial charge >= 0.3 is 11.8 Å². The zero-order valence-electron chi connectivity index (χ0n) is 12.5. The van der Waals surface area contributed by atoms with Crippen molar-refractivity contribution >= 4 is 23.2 Å². The minimum Gasteiger partial charge on any atom is -0.378 e. The Labute approximate surface area is 129 Å². The van der Waals surface area contributed by atoms with Crippen molar-refractivity contribution in [2.24, 2.45) is 0 Å². The van der Waals surface area contributed by atoms with Crippen molar-refractivity contribution in [3.8, 4) is 0 Å². The van der Waals surface area contributed by atoms with Gasteiger partial charge in [-0.3, -0.25) is 14.6 Å². The van der Waals surface area contributed by atoms with Crippen molar-refractivity contribution in [2.45, 2.75) is 6.54 Å². The molecule has 0 aliphatic heterocycles. The molecule has 0 unspecified atom stereocenters. The fourth-order valence-electron chi connectivity index (χ4n) is 1.78. The maximum absolute atomic E-state index is 11.8. The molecule has 6 nitrogen and oxygen atoms in total. The van der Waals surface area contributed by atoms with E-state index in [2.05, 4.69) is 15.6 Å². The molecule has 0 atom stereocenters. The second kappa shape index (κ2) is 7.21. The lowest BCUT2D eigenvalue weighted by Crippen LogP contribution is -2.35. The number of amides is 2. The fraction of sp³-hybridized carbons (Fsp3) is 0.188. The van der Waals surface area contributed by atoms with Crippen molar-refractivity contribution in [3.05, 3.63) is 54.4 Å². The number of aromatic nitrogens is 1. The zero-order chi connectivity index (χ0) is 15.9. The smallest absolute Gasteiger partial charge is 0.313 e. The molecule has 0 fully saturated rings. The Morgan fingerprint density at radius 1 is 1.05 bits per heavy atom. The monoisotopic (exact) mass is 298 g/mol. The van der Waals surface area contributed by atoms with E-state index in [4.69, 9.17) is 0 Å². The molecule has 1 aromatic heterocycles.